The Bertz CT molecular complexity index is 411. The van der Waals surface area contributed by atoms with Crippen molar-refractivity contribution in [1.29, 1.82) is 0 Å². The van der Waals surface area contributed by atoms with Crippen molar-refractivity contribution in [1.82, 2.24) is 5.32 Å². The number of morpholine rings is 1. The maximum Gasteiger partial charge on any atom is 0.0956 e. The van der Waals surface area contributed by atoms with Crippen molar-refractivity contribution < 1.29 is 4.74 Å². The van der Waals surface area contributed by atoms with Gasteiger partial charge in [-0.2, -0.15) is 0 Å². The highest BCUT2D eigenvalue weighted by molar-refractivity contribution is 5.32. The molecule has 0 radical (unpaired) electrons. The lowest BCUT2D eigenvalue weighted by molar-refractivity contribution is -0.0496. The Balaban J connectivity index is 1.77. The van der Waals surface area contributed by atoms with Crippen LogP contribution in [-0.4, -0.2) is 19.2 Å². The van der Waals surface area contributed by atoms with E-state index in [-0.39, 0.29) is 6.10 Å². The molecular formula is C15H21NO. The van der Waals surface area contributed by atoms with E-state index in [4.69, 9.17) is 4.74 Å². The van der Waals surface area contributed by atoms with E-state index in [0.29, 0.717) is 6.10 Å². The summed E-state index contributed by atoms with van der Waals surface area (Å²) < 4.78 is 6.25. The van der Waals surface area contributed by atoms with E-state index in [1.54, 1.807) is 0 Å². The average molecular weight is 231 g/mol. The zero-order chi connectivity index (χ0) is 11.8. The molecule has 1 heterocycles. The molecule has 1 saturated heterocycles. The quantitative estimate of drug-likeness (QED) is 0.845. The van der Waals surface area contributed by atoms with E-state index in [2.05, 4.69) is 37.4 Å². The maximum absolute atomic E-state index is 6.25. The van der Waals surface area contributed by atoms with Gasteiger partial charge in [0.2, 0.25) is 0 Å². The van der Waals surface area contributed by atoms with Crippen molar-refractivity contribution >= 4 is 0 Å². The van der Waals surface area contributed by atoms with Gasteiger partial charge < -0.3 is 10.1 Å². The van der Waals surface area contributed by atoms with Crippen LogP contribution in [0.4, 0.5) is 0 Å². The molecular weight excluding hydrogens is 210 g/mol. The molecule has 0 spiro atoms. The van der Waals surface area contributed by atoms with Crippen molar-refractivity contribution in [3.63, 3.8) is 0 Å². The van der Waals surface area contributed by atoms with Crippen LogP contribution in [0.3, 0.4) is 0 Å². The fourth-order valence-electron chi connectivity index (χ4n) is 2.78. The summed E-state index contributed by atoms with van der Waals surface area (Å²) in [5, 5.41) is 3.52. The normalized spacial score (nSPS) is 29.3. The first-order valence-corrected chi connectivity index (χ1v) is 6.67. The molecule has 2 aliphatic rings. The molecule has 2 fully saturated rings. The number of hydrogen-bond acceptors (Lipinski definition) is 2. The first-order chi connectivity index (χ1) is 8.24. The Labute approximate surface area is 103 Å². The Morgan fingerprint density at radius 3 is 2.71 bits per heavy atom. The molecule has 1 aliphatic carbocycles. The summed E-state index contributed by atoms with van der Waals surface area (Å²) in [5.41, 5.74) is 4.04. The molecule has 2 nitrogen and oxygen atoms in total. The van der Waals surface area contributed by atoms with Crippen molar-refractivity contribution in [3.8, 4) is 0 Å². The summed E-state index contributed by atoms with van der Waals surface area (Å²) in [4.78, 5) is 0. The number of benzene rings is 1. The first-order valence-electron chi connectivity index (χ1n) is 6.67. The van der Waals surface area contributed by atoms with Crippen molar-refractivity contribution in [3.05, 3.63) is 34.9 Å². The number of nitrogens with one attached hydrogen (secondary N) is 1. The van der Waals surface area contributed by atoms with Gasteiger partial charge in [-0.05, 0) is 43.7 Å². The van der Waals surface area contributed by atoms with Crippen LogP contribution in [0.5, 0.6) is 0 Å². The van der Waals surface area contributed by atoms with Crippen molar-refractivity contribution in [2.45, 2.75) is 38.9 Å². The minimum atomic E-state index is 0.245. The minimum Gasteiger partial charge on any atom is -0.367 e. The van der Waals surface area contributed by atoms with Crippen molar-refractivity contribution in [2.75, 3.05) is 13.1 Å². The van der Waals surface area contributed by atoms with Gasteiger partial charge in [-0.25, -0.2) is 0 Å². The van der Waals surface area contributed by atoms with Gasteiger partial charge >= 0.3 is 0 Å². The highest BCUT2D eigenvalue weighted by Gasteiger charge is 2.36. The highest BCUT2D eigenvalue weighted by atomic mass is 16.5. The predicted molar refractivity (Wildman–Crippen MR) is 69.1 cm³/mol. The van der Waals surface area contributed by atoms with Crippen LogP contribution in [0.1, 0.15) is 35.6 Å². The Morgan fingerprint density at radius 1 is 1.18 bits per heavy atom. The van der Waals surface area contributed by atoms with Crippen LogP contribution >= 0.6 is 0 Å². The van der Waals surface area contributed by atoms with E-state index in [0.717, 1.165) is 19.0 Å². The second-order valence-corrected chi connectivity index (χ2v) is 5.52. The second kappa shape index (κ2) is 4.43. The fourth-order valence-corrected chi connectivity index (χ4v) is 2.78. The lowest BCUT2D eigenvalue weighted by atomic mass is 9.99. The molecule has 1 saturated carbocycles. The van der Waals surface area contributed by atoms with Gasteiger partial charge in [0, 0.05) is 13.1 Å². The first kappa shape index (κ1) is 11.2. The van der Waals surface area contributed by atoms with Crippen LogP contribution in [0, 0.1) is 19.8 Å². The summed E-state index contributed by atoms with van der Waals surface area (Å²) in [5.74, 6) is 0.816. The maximum atomic E-state index is 6.25. The Hall–Kier alpha value is -0.860. The van der Waals surface area contributed by atoms with E-state index < -0.39 is 0 Å². The molecule has 3 rings (SSSR count). The van der Waals surface area contributed by atoms with Gasteiger partial charge in [-0.3, -0.25) is 0 Å². The molecule has 2 heteroatoms. The topological polar surface area (TPSA) is 21.3 Å². The van der Waals surface area contributed by atoms with E-state index >= 15 is 0 Å². The third kappa shape index (κ3) is 2.38. The lowest BCUT2D eigenvalue weighted by Gasteiger charge is -2.32. The van der Waals surface area contributed by atoms with Crippen LogP contribution in [0.15, 0.2) is 18.2 Å². The van der Waals surface area contributed by atoms with Gasteiger partial charge in [0.15, 0.2) is 0 Å². The van der Waals surface area contributed by atoms with Gasteiger partial charge in [-0.15, -0.1) is 0 Å². The zero-order valence-corrected chi connectivity index (χ0v) is 10.7. The number of rotatable bonds is 2. The summed E-state index contributed by atoms with van der Waals surface area (Å²) in [6, 6.07) is 6.66. The standard InChI is InChI=1S/C15H21NO/c1-10-3-6-13(11(2)7-10)15-9-16-8-14(17-15)12-4-5-12/h3,6-7,12,14-16H,4-5,8-9H2,1-2H3. The summed E-state index contributed by atoms with van der Waals surface area (Å²) in [7, 11) is 0. The van der Waals surface area contributed by atoms with Crippen molar-refractivity contribution in [2.24, 2.45) is 5.92 Å². The lowest BCUT2D eigenvalue weighted by Crippen LogP contribution is -2.41. The van der Waals surface area contributed by atoms with Gasteiger partial charge in [0.05, 0.1) is 12.2 Å². The molecule has 1 aliphatic heterocycles. The molecule has 92 valence electrons. The predicted octanol–water partition coefficient (Wildman–Crippen LogP) is 2.74. The Morgan fingerprint density at radius 2 is 2.00 bits per heavy atom. The van der Waals surface area contributed by atoms with E-state index in [1.807, 2.05) is 0 Å². The minimum absolute atomic E-state index is 0.245. The van der Waals surface area contributed by atoms with E-state index in [9.17, 15) is 0 Å². The number of aryl methyl sites for hydroxylation is 2. The number of ether oxygens (including phenoxy) is 1. The third-order valence-electron chi connectivity index (χ3n) is 3.93. The molecule has 2 atom stereocenters. The summed E-state index contributed by atoms with van der Waals surface area (Å²) >= 11 is 0. The summed E-state index contributed by atoms with van der Waals surface area (Å²) in [6.45, 7) is 6.31. The Kier molecular flexibility index (Phi) is 2.93. The third-order valence-corrected chi connectivity index (χ3v) is 3.93. The molecule has 0 amide bonds. The molecule has 1 aromatic carbocycles. The molecule has 2 unspecified atom stereocenters. The smallest absolute Gasteiger partial charge is 0.0956 e. The van der Waals surface area contributed by atoms with Crippen LogP contribution in [0.2, 0.25) is 0 Å². The zero-order valence-electron chi connectivity index (χ0n) is 10.7. The SMILES string of the molecule is Cc1ccc(C2CNCC(C3CC3)O2)c(C)c1. The van der Waals surface area contributed by atoms with Gasteiger partial charge in [0.1, 0.15) is 0 Å². The molecule has 0 aromatic heterocycles. The molecule has 17 heavy (non-hydrogen) atoms. The average Bonchev–Trinajstić information content (AvgIpc) is 3.13. The van der Waals surface area contributed by atoms with Crippen LogP contribution < -0.4 is 5.32 Å². The molecule has 1 aromatic rings. The van der Waals surface area contributed by atoms with Gasteiger partial charge in [0.25, 0.3) is 0 Å². The molecule has 0 bridgehead atoms. The monoisotopic (exact) mass is 231 g/mol. The van der Waals surface area contributed by atoms with Crippen LogP contribution in [-0.2, 0) is 4.74 Å². The number of hydrogen-bond donors (Lipinski definition) is 1. The fraction of sp³-hybridized carbons (Fsp3) is 0.600. The second-order valence-electron chi connectivity index (χ2n) is 5.52. The molecule has 1 N–H and O–H groups in total. The highest BCUT2D eigenvalue weighted by Crippen LogP contribution is 2.38. The van der Waals surface area contributed by atoms with Gasteiger partial charge in [-0.1, -0.05) is 23.8 Å². The van der Waals surface area contributed by atoms with Crippen LogP contribution in [0.25, 0.3) is 0 Å². The summed E-state index contributed by atoms with van der Waals surface area (Å²) in [6.07, 6.45) is 3.39. The largest absolute Gasteiger partial charge is 0.367 e. The van der Waals surface area contributed by atoms with E-state index in [1.165, 1.54) is 29.5 Å².